The Morgan fingerprint density at radius 1 is 1.41 bits per heavy atom. The minimum absolute atomic E-state index is 0.652. The van der Waals surface area contributed by atoms with Gasteiger partial charge >= 0.3 is 0 Å². The number of hydrogen-bond donors (Lipinski definition) is 1. The Kier molecular flexibility index (Phi) is 4.86. The highest BCUT2D eigenvalue weighted by Gasteiger charge is 2.12. The van der Waals surface area contributed by atoms with Gasteiger partial charge in [0.2, 0.25) is 0 Å². The third kappa shape index (κ3) is 4.00. The molecule has 2 nitrogen and oxygen atoms in total. The predicted molar refractivity (Wildman–Crippen MR) is 74.6 cm³/mol. The maximum Gasteiger partial charge on any atom is 0.122 e. The topological polar surface area (TPSA) is 21.3 Å². The van der Waals surface area contributed by atoms with Crippen LogP contribution >= 0.6 is 15.9 Å². The first-order valence-electron chi connectivity index (χ1n) is 6.38. The molecule has 2 rings (SSSR count). The van der Waals surface area contributed by atoms with Crippen molar-refractivity contribution in [1.29, 1.82) is 0 Å². The Hall–Kier alpha value is -0.540. The molecule has 3 heteroatoms. The maximum atomic E-state index is 5.83. The van der Waals surface area contributed by atoms with Gasteiger partial charge in [-0.05, 0) is 56.5 Å². The molecule has 1 aromatic rings. The molecule has 1 aliphatic heterocycles. The average molecular weight is 298 g/mol. The van der Waals surface area contributed by atoms with Gasteiger partial charge in [-0.2, -0.15) is 0 Å². The van der Waals surface area contributed by atoms with Gasteiger partial charge in [0.15, 0.2) is 0 Å². The summed E-state index contributed by atoms with van der Waals surface area (Å²) in [6, 6.07) is 6.81. The zero-order valence-electron chi connectivity index (χ0n) is 10.3. The highest BCUT2D eigenvalue weighted by molar-refractivity contribution is 9.10. The van der Waals surface area contributed by atoms with Crippen molar-refractivity contribution < 1.29 is 4.74 Å². The van der Waals surface area contributed by atoms with Crippen LogP contribution in [0.4, 0.5) is 0 Å². The van der Waals surface area contributed by atoms with E-state index in [1.54, 1.807) is 0 Å². The molecular weight excluding hydrogens is 278 g/mol. The first kappa shape index (κ1) is 12.9. The van der Waals surface area contributed by atoms with Gasteiger partial charge < -0.3 is 10.1 Å². The Morgan fingerprint density at radius 2 is 2.29 bits per heavy atom. The lowest BCUT2D eigenvalue weighted by Crippen LogP contribution is -2.35. The Labute approximate surface area is 112 Å². The van der Waals surface area contributed by atoms with Crippen molar-refractivity contribution in [3.63, 3.8) is 0 Å². The molecular formula is C14H20BrNO. The van der Waals surface area contributed by atoms with E-state index in [4.69, 9.17) is 4.74 Å². The van der Waals surface area contributed by atoms with Gasteiger partial charge in [0.1, 0.15) is 5.75 Å². The van der Waals surface area contributed by atoms with Gasteiger partial charge in [-0.1, -0.05) is 22.4 Å². The maximum absolute atomic E-state index is 5.83. The molecule has 1 fully saturated rings. The fourth-order valence-corrected chi connectivity index (χ4v) is 2.73. The van der Waals surface area contributed by atoms with Crippen molar-refractivity contribution in [3.8, 4) is 5.75 Å². The van der Waals surface area contributed by atoms with Gasteiger partial charge in [0.05, 0.1) is 6.61 Å². The Morgan fingerprint density at radius 3 is 3.00 bits per heavy atom. The third-order valence-electron chi connectivity index (χ3n) is 3.27. The van der Waals surface area contributed by atoms with E-state index in [0.29, 0.717) is 6.04 Å². The fourth-order valence-electron chi connectivity index (χ4n) is 2.26. The van der Waals surface area contributed by atoms with E-state index in [-0.39, 0.29) is 0 Å². The number of halogens is 1. The molecule has 1 N–H and O–H groups in total. The molecule has 0 unspecified atom stereocenters. The van der Waals surface area contributed by atoms with Gasteiger partial charge in [-0.3, -0.25) is 0 Å². The lowest BCUT2D eigenvalue weighted by Gasteiger charge is -2.23. The van der Waals surface area contributed by atoms with E-state index in [0.717, 1.165) is 23.2 Å². The van der Waals surface area contributed by atoms with Crippen molar-refractivity contribution in [2.75, 3.05) is 13.2 Å². The minimum Gasteiger partial charge on any atom is -0.493 e. The fraction of sp³-hybridized carbons (Fsp3) is 0.571. The number of benzene rings is 1. The summed E-state index contributed by atoms with van der Waals surface area (Å²) in [6.45, 7) is 4.06. The zero-order valence-corrected chi connectivity index (χ0v) is 11.9. The van der Waals surface area contributed by atoms with Gasteiger partial charge in [0.25, 0.3) is 0 Å². The summed E-state index contributed by atoms with van der Waals surface area (Å²) < 4.78 is 6.94. The largest absolute Gasteiger partial charge is 0.493 e. The first-order valence-corrected chi connectivity index (χ1v) is 7.17. The molecule has 0 aliphatic carbocycles. The van der Waals surface area contributed by atoms with Crippen LogP contribution in [0.3, 0.4) is 0 Å². The van der Waals surface area contributed by atoms with Crippen LogP contribution in [0.2, 0.25) is 0 Å². The zero-order chi connectivity index (χ0) is 12.1. The molecule has 0 aromatic heterocycles. The number of nitrogens with one attached hydrogen (secondary N) is 1. The van der Waals surface area contributed by atoms with Crippen LogP contribution in [-0.4, -0.2) is 19.2 Å². The molecule has 0 spiro atoms. The Bertz CT molecular complexity index is 361. The third-order valence-corrected chi connectivity index (χ3v) is 3.77. The SMILES string of the molecule is Cc1cc(Br)ccc1OCC[C@H]1CCCCN1. The van der Waals surface area contributed by atoms with E-state index >= 15 is 0 Å². The molecule has 0 amide bonds. The molecule has 0 bridgehead atoms. The summed E-state index contributed by atoms with van der Waals surface area (Å²) in [5.41, 5.74) is 1.19. The van der Waals surface area contributed by atoms with Crippen LogP contribution in [0.5, 0.6) is 5.75 Å². The van der Waals surface area contributed by atoms with E-state index in [2.05, 4.69) is 34.2 Å². The molecule has 1 saturated heterocycles. The van der Waals surface area contributed by atoms with Gasteiger partial charge in [-0.15, -0.1) is 0 Å². The molecule has 1 atom stereocenters. The van der Waals surface area contributed by atoms with Crippen LogP contribution in [0.25, 0.3) is 0 Å². The minimum atomic E-state index is 0.652. The number of ether oxygens (including phenoxy) is 1. The molecule has 17 heavy (non-hydrogen) atoms. The summed E-state index contributed by atoms with van der Waals surface area (Å²) in [4.78, 5) is 0. The second-order valence-corrected chi connectivity index (χ2v) is 5.61. The van der Waals surface area contributed by atoms with Crippen molar-refractivity contribution in [2.45, 2.75) is 38.6 Å². The number of hydrogen-bond acceptors (Lipinski definition) is 2. The van der Waals surface area contributed by atoms with Crippen LogP contribution in [0, 0.1) is 6.92 Å². The standard InChI is InChI=1S/C14H20BrNO/c1-11-10-12(15)5-6-14(11)17-9-7-13-4-2-3-8-16-13/h5-6,10,13,16H,2-4,7-9H2,1H3/t13-/m1/s1. The highest BCUT2D eigenvalue weighted by atomic mass is 79.9. The number of piperidine rings is 1. The molecule has 94 valence electrons. The average Bonchev–Trinajstić information content (AvgIpc) is 2.33. The van der Waals surface area contributed by atoms with Crippen molar-refractivity contribution in [3.05, 3.63) is 28.2 Å². The lowest BCUT2D eigenvalue weighted by atomic mass is 10.0. The first-order chi connectivity index (χ1) is 8.25. The highest BCUT2D eigenvalue weighted by Crippen LogP contribution is 2.22. The quantitative estimate of drug-likeness (QED) is 0.916. The summed E-state index contributed by atoms with van der Waals surface area (Å²) >= 11 is 3.46. The van der Waals surface area contributed by atoms with Crippen LogP contribution in [0.15, 0.2) is 22.7 Å². The molecule has 0 radical (unpaired) electrons. The molecule has 1 aliphatic rings. The summed E-state index contributed by atoms with van der Waals surface area (Å²) in [7, 11) is 0. The number of rotatable bonds is 4. The lowest BCUT2D eigenvalue weighted by molar-refractivity contribution is 0.267. The molecule has 1 heterocycles. The van der Waals surface area contributed by atoms with Crippen molar-refractivity contribution >= 4 is 15.9 Å². The second kappa shape index (κ2) is 6.41. The molecule has 0 saturated carbocycles. The van der Waals surface area contributed by atoms with Crippen LogP contribution < -0.4 is 10.1 Å². The monoisotopic (exact) mass is 297 g/mol. The summed E-state index contributed by atoms with van der Waals surface area (Å²) in [6.07, 6.45) is 5.08. The van der Waals surface area contributed by atoms with Crippen molar-refractivity contribution in [2.24, 2.45) is 0 Å². The normalized spacial score (nSPS) is 20.2. The van der Waals surface area contributed by atoms with E-state index in [9.17, 15) is 0 Å². The van der Waals surface area contributed by atoms with Gasteiger partial charge in [-0.25, -0.2) is 0 Å². The van der Waals surface area contributed by atoms with Crippen LogP contribution in [-0.2, 0) is 0 Å². The van der Waals surface area contributed by atoms with E-state index < -0.39 is 0 Å². The summed E-state index contributed by atoms with van der Waals surface area (Å²) in [5, 5.41) is 3.54. The van der Waals surface area contributed by atoms with Gasteiger partial charge in [0, 0.05) is 10.5 Å². The van der Waals surface area contributed by atoms with Crippen LogP contribution in [0.1, 0.15) is 31.2 Å². The Balaban J connectivity index is 1.77. The summed E-state index contributed by atoms with van der Waals surface area (Å²) in [5.74, 6) is 1.00. The number of aryl methyl sites for hydroxylation is 1. The smallest absolute Gasteiger partial charge is 0.122 e. The van der Waals surface area contributed by atoms with Crippen molar-refractivity contribution in [1.82, 2.24) is 5.32 Å². The van der Waals surface area contributed by atoms with E-state index in [1.165, 1.54) is 31.4 Å². The molecule has 1 aromatic carbocycles. The second-order valence-electron chi connectivity index (χ2n) is 4.69. The van der Waals surface area contributed by atoms with E-state index in [1.807, 2.05) is 12.1 Å². The predicted octanol–water partition coefficient (Wildman–Crippen LogP) is 3.67.